The molecule has 0 unspecified atom stereocenters. The van der Waals surface area contributed by atoms with Gasteiger partial charge >= 0.3 is 11.9 Å². The molecule has 0 saturated carbocycles. The van der Waals surface area contributed by atoms with Crippen molar-refractivity contribution in [3.63, 3.8) is 0 Å². The van der Waals surface area contributed by atoms with Crippen LogP contribution < -0.4 is 11.5 Å². The molecule has 0 saturated heterocycles. The third-order valence-corrected chi connectivity index (χ3v) is 6.30. The zero-order chi connectivity index (χ0) is 31.7. The molecular weight excluding hydrogens is 576 g/mol. The van der Waals surface area contributed by atoms with E-state index in [1.54, 1.807) is 27.9 Å². The first-order valence-corrected chi connectivity index (χ1v) is 12.6. The Morgan fingerprint density at radius 1 is 0.682 bits per heavy atom. The number of nitrogens with two attached hydrogens (primary N) is 2. The summed E-state index contributed by atoms with van der Waals surface area (Å²) in [5, 5.41) is 33.6. The number of hydrogen-bond donors (Lipinski definition) is 2. The summed E-state index contributed by atoms with van der Waals surface area (Å²) in [6.07, 6.45) is 5.51. The molecule has 5 aromatic heterocycles. The summed E-state index contributed by atoms with van der Waals surface area (Å²) in [6, 6.07) is 0. The number of hydrogen-bond acceptors (Lipinski definition) is 16. The lowest BCUT2D eigenvalue weighted by atomic mass is 10.3. The van der Waals surface area contributed by atoms with Crippen LogP contribution in [0.2, 0.25) is 0 Å². The van der Waals surface area contributed by atoms with Gasteiger partial charge in [-0.05, 0) is 13.8 Å². The van der Waals surface area contributed by atoms with Crippen molar-refractivity contribution in [1.29, 1.82) is 0 Å². The van der Waals surface area contributed by atoms with Crippen molar-refractivity contribution in [3.8, 4) is 11.6 Å². The molecule has 0 radical (unpaired) electrons. The fourth-order valence-corrected chi connectivity index (χ4v) is 4.01. The molecule has 4 N–H and O–H groups in total. The summed E-state index contributed by atoms with van der Waals surface area (Å²) in [6.45, 7) is 3.38. The number of aromatic nitrogens is 10. The second kappa shape index (κ2) is 11.5. The largest absolute Gasteiger partial charge is 0.465 e. The minimum atomic E-state index is -0.605. The van der Waals surface area contributed by atoms with Gasteiger partial charge in [0.2, 0.25) is 0 Å². The molecule has 5 aromatic rings. The van der Waals surface area contributed by atoms with Crippen LogP contribution >= 0.6 is 0 Å². The minimum Gasteiger partial charge on any atom is -0.465 e. The molecule has 5 heterocycles. The van der Waals surface area contributed by atoms with Crippen molar-refractivity contribution in [2.24, 2.45) is 34.6 Å². The van der Waals surface area contributed by atoms with Gasteiger partial charge in [-0.2, -0.15) is 29.8 Å². The fraction of sp³-hybridized carbons (Fsp3) is 0.250. The monoisotopic (exact) mass is 602 g/mol. The van der Waals surface area contributed by atoms with Crippen LogP contribution in [0.3, 0.4) is 0 Å². The minimum absolute atomic E-state index is 0.133. The number of rotatable bonds is 8. The van der Waals surface area contributed by atoms with Gasteiger partial charge in [-0.15, -0.1) is 20.5 Å². The van der Waals surface area contributed by atoms with Crippen LogP contribution in [0.25, 0.3) is 11.6 Å². The number of azo groups is 2. The molecule has 44 heavy (non-hydrogen) atoms. The van der Waals surface area contributed by atoms with Crippen LogP contribution in [-0.4, -0.2) is 75.2 Å². The van der Waals surface area contributed by atoms with E-state index in [0.29, 0.717) is 11.4 Å². The first-order valence-electron chi connectivity index (χ1n) is 12.6. The van der Waals surface area contributed by atoms with Crippen molar-refractivity contribution in [2.75, 3.05) is 25.7 Å². The maximum atomic E-state index is 12.0. The molecule has 5 rings (SSSR count). The van der Waals surface area contributed by atoms with Crippen LogP contribution in [0, 0.1) is 13.8 Å². The van der Waals surface area contributed by atoms with Crippen LogP contribution in [0.15, 0.2) is 45.2 Å². The lowest BCUT2D eigenvalue weighted by molar-refractivity contribution is 0.0592. The summed E-state index contributed by atoms with van der Waals surface area (Å²) in [5.74, 6) is -0.0202. The molecule has 0 aliphatic heterocycles. The van der Waals surface area contributed by atoms with Gasteiger partial charge in [0.1, 0.15) is 11.1 Å². The highest BCUT2D eigenvalue weighted by Crippen LogP contribution is 2.32. The topological polar surface area (TPSA) is 251 Å². The van der Waals surface area contributed by atoms with Gasteiger partial charge < -0.3 is 20.9 Å². The summed E-state index contributed by atoms with van der Waals surface area (Å²) in [5.41, 5.74) is 14.4. The van der Waals surface area contributed by atoms with Gasteiger partial charge in [0, 0.05) is 14.1 Å². The fourth-order valence-electron chi connectivity index (χ4n) is 4.01. The van der Waals surface area contributed by atoms with E-state index in [-0.39, 0.29) is 57.4 Å². The maximum absolute atomic E-state index is 12.0. The zero-order valence-electron chi connectivity index (χ0n) is 24.4. The van der Waals surface area contributed by atoms with Crippen LogP contribution in [-0.2, 0) is 23.6 Å². The highest BCUT2D eigenvalue weighted by atomic mass is 16.5. The SMILES string of the molecule is COC(=O)c1cnn(C)c1/N=N/c1c(C)nn(-c2cnc(-n3nc(C)c(/N=N/c4c(C(=O)OC)cnn4C)c3N)cn2)c1N. The van der Waals surface area contributed by atoms with Gasteiger partial charge in [-0.1, -0.05) is 0 Å². The van der Waals surface area contributed by atoms with E-state index in [1.807, 2.05) is 0 Å². The molecule has 20 heteroatoms. The number of aryl methyl sites for hydroxylation is 4. The van der Waals surface area contributed by atoms with E-state index in [2.05, 4.69) is 50.8 Å². The third kappa shape index (κ3) is 5.10. The van der Waals surface area contributed by atoms with E-state index in [0.717, 1.165) is 0 Å². The summed E-state index contributed by atoms with van der Waals surface area (Å²) in [7, 11) is 5.74. The third-order valence-electron chi connectivity index (χ3n) is 6.30. The lowest BCUT2D eigenvalue weighted by Gasteiger charge is -2.05. The molecule has 0 atom stereocenters. The number of nitrogen functional groups attached to an aromatic ring is 2. The Morgan fingerprint density at radius 2 is 1.07 bits per heavy atom. The second-order valence-electron chi connectivity index (χ2n) is 9.09. The maximum Gasteiger partial charge on any atom is 0.343 e. The number of anilines is 2. The number of nitrogens with zero attached hydrogens (tertiary/aromatic N) is 14. The Kier molecular flexibility index (Phi) is 7.62. The van der Waals surface area contributed by atoms with E-state index in [4.69, 9.17) is 20.9 Å². The Labute approximate surface area is 248 Å². The Morgan fingerprint density at radius 3 is 1.41 bits per heavy atom. The summed E-state index contributed by atoms with van der Waals surface area (Å²) in [4.78, 5) is 32.8. The van der Waals surface area contributed by atoms with Crippen molar-refractivity contribution in [3.05, 3.63) is 47.3 Å². The molecule has 0 bridgehead atoms. The Balaban J connectivity index is 1.41. The number of esters is 2. The standard InChI is InChI=1S/C24H26N16O4/c1-11-17(31-33-21-13(23(41)43-5)7-29-37(21)3)19(25)39(35-11)15-9-28-16(10-27-15)40-20(26)18(12(2)36-40)32-34-22-14(24(42)44-6)8-30-38(22)4/h7-10H,25-26H2,1-6H3/b33-31+,34-32+. The first kappa shape index (κ1) is 29.2. The normalized spacial score (nSPS) is 11.6. The summed E-state index contributed by atoms with van der Waals surface area (Å²) < 4.78 is 15.0. The lowest BCUT2D eigenvalue weighted by Crippen LogP contribution is -2.08. The van der Waals surface area contributed by atoms with E-state index < -0.39 is 11.9 Å². The molecule has 0 aliphatic rings. The van der Waals surface area contributed by atoms with Gasteiger partial charge in [-0.25, -0.2) is 28.9 Å². The summed E-state index contributed by atoms with van der Waals surface area (Å²) >= 11 is 0. The van der Waals surface area contributed by atoms with Gasteiger partial charge in [-0.3, -0.25) is 0 Å². The van der Waals surface area contributed by atoms with E-state index in [1.165, 1.54) is 57.7 Å². The van der Waals surface area contributed by atoms with Crippen LogP contribution in [0.4, 0.5) is 34.6 Å². The van der Waals surface area contributed by atoms with E-state index in [9.17, 15) is 9.59 Å². The molecule has 0 spiro atoms. The Bertz CT molecular complexity index is 1800. The number of ether oxygens (including phenoxy) is 2. The zero-order valence-corrected chi connectivity index (χ0v) is 24.4. The first-order chi connectivity index (χ1) is 21.0. The molecule has 226 valence electrons. The molecule has 20 nitrogen and oxygen atoms in total. The predicted octanol–water partition coefficient (Wildman–Crippen LogP) is 2.50. The van der Waals surface area contributed by atoms with Crippen LogP contribution in [0.5, 0.6) is 0 Å². The van der Waals surface area contributed by atoms with Crippen molar-refractivity contribution < 1.29 is 19.1 Å². The second-order valence-corrected chi connectivity index (χ2v) is 9.09. The highest BCUT2D eigenvalue weighted by Gasteiger charge is 2.21. The number of carbonyl (C=O) groups excluding carboxylic acids is 2. The smallest absolute Gasteiger partial charge is 0.343 e. The predicted molar refractivity (Wildman–Crippen MR) is 152 cm³/mol. The van der Waals surface area contributed by atoms with Crippen molar-refractivity contribution in [2.45, 2.75) is 13.8 Å². The van der Waals surface area contributed by atoms with Gasteiger partial charge in [0.25, 0.3) is 0 Å². The van der Waals surface area contributed by atoms with Crippen molar-refractivity contribution in [1.82, 2.24) is 49.1 Å². The molecule has 0 aromatic carbocycles. The average molecular weight is 603 g/mol. The number of methoxy groups -OCH3 is 2. The van der Waals surface area contributed by atoms with E-state index >= 15 is 0 Å². The number of carbonyl (C=O) groups is 2. The van der Waals surface area contributed by atoms with Gasteiger partial charge in [0.05, 0.1) is 50.4 Å². The molecular formula is C24H26N16O4. The van der Waals surface area contributed by atoms with Crippen molar-refractivity contribution >= 4 is 46.6 Å². The van der Waals surface area contributed by atoms with Crippen LogP contribution in [0.1, 0.15) is 32.1 Å². The molecule has 0 amide bonds. The molecule has 0 aliphatic carbocycles. The molecule has 0 fully saturated rings. The highest BCUT2D eigenvalue weighted by molar-refractivity contribution is 5.94. The Hall–Kier alpha value is -6.34. The average Bonchev–Trinajstić information content (AvgIpc) is 3.74. The van der Waals surface area contributed by atoms with Gasteiger partial charge in [0.15, 0.2) is 46.3 Å². The quantitative estimate of drug-likeness (QED) is 0.192.